The van der Waals surface area contributed by atoms with Gasteiger partial charge < -0.3 is 26.4 Å². The molecule has 2 aromatic carbocycles. The van der Waals surface area contributed by atoms with E-state index in [9.17, 15) is 14.0 Å². The molecule has 0 spiro atoms. The summed E-state index contributed by atoms with van der Waals surface area (Å²) in [4.78, 5) is 24.4. The molecule has 0 atom stereocenters. The number of carbonyl (C=O) groups excluding carboxylic acids is 2. The minimum Gasteiger partial charge on any atom is -0.484 e. The molecular weight excluding hydrogens is 483 g/mol. The maximum atomic E-state index is 13.4. The Morgan fingerprint density at radius 3 is 2.67 bits per heavy atom. The molecule has 7 nitrogen and oxygen atoms in total. The van der Waals surface area contributed by atoms with Crippen molar-refractivity contribution in [1.29, 1.82) is 0 Å². The van der Waals surface area contributed by atoms with Crippen molar-refractivity contribution in [2.75, 3.05) is 18.5 Å². The second kappa shape index (κ2) is 13.2. The average Bonchev–Trinajstić information content (AvgIpc) is 2.84. The molecule has 0 fully saturated rings. The number of ether oxygens (including phenoxy) is 1. The quantitative estimate of drug-likeness (QED) is 0.367. The van der Waals surface area contributed by atoms with Gasteiger partial charge in [0.1, 0.15) is 11.6 Å². The number of amides is 2. The molecule has 1 aliphatic rings. The molecule has 3 rings (SSSR count). The van der Waals surface area contributed by atoms with Crippen molar-refractivity contribution in [2.24, 2.45) is 5.73 Å². The van der Waals surface area contributed by atoms with E-state index < -0.39 is 11.7 Å². The molecule has 9 heteroatoms. The van der Waals surface area contributed by atoms with E-state index in [0.29, 0.717) is 24.1 Å². The van der Waals surface area contributed by atoms with Crippen LogP contribution in [0.2, 0.25) is 5.02 Å². The van der Waals surface area contributed by atoms with Crippen LogP contribution >= 0.6 is 11.6 Å². The molecule has 188 valence electrons. The Morgan fingerprint density at radius 1 is 1.14 bits per heavy atom. The number of hydrogen-bond donors (Lipinski definition) is 4. The van der Waals surface area contributed by atoms with Crippen LogP contribution in [0.1, 0.15) is 29.6 Å². The molecule has 2 amide bonds. The lowest BCUT2D eigenvalue weighted by Gasteiger charge is -2.12. The first kappa shape index (κ1) is 26.6. The van der Waals surface area contributed by atoms with Crippen LogP contribution in [-0.4, -0.2) is 25.0 Å². The minimum atomic E-state index is -0.631. The molecule has 0 aromatic heterocycles. The fourth-order valence-electron chi connectivity index (χ4n) is 3.21. The molecule has 0 saturated carbocycles. The van der Waals surface area contributed by atoms with Gasteiger partial charge in [0, 0.05) is 60.2 Å². The van der Waals surface area contributed by atoms with Crippen LogP contribution in [0.4, 0.5) is 10.1 Å². The van der Waals surface area contributed by atoms with Crippen LogP contribution in [0.5, 0.6) is 5.75 Å². The average molecular weight is 511 g/mol. The third kappa shape index (κ3) is 8.63. The molecule has 0 aliphatic heterocycles. The fourth-order valence-corrected chi connectivity index (χ4v) is 3.33. The van der Waals surface area contributed by atoms with Gasteiger partial charge in [-0.3, -0.25) is 9.59 Å². The lowest BCUT2D eigenvalue weighted by molar-refractivity contribution is -0.122. The van der Waals surface area contributed by atoms with Gasteiger partial charge >= 0.3 is 0 Å². The Bertz CT molecular complexity index is 1210. The molecule has 0 bridgehead atoms. The summed E-state index contributed by atoms with van der Waals surface area (Å²) in [7, 11) is 0. The first-order valence-electron chi connectivity index (χ1n) is 11.3. The lowest BCUT2D eigenvalue weighted by Crippen LogP contribution is -2.31. The highest BCUT2D eigenvalue weighted by Crippen LogP contribution is 2.20. The van der Waals surface area contributed by atoms with Crippen molar-refractivity contribution in [3.05, 3.63) is 107 Å². The number of allylic oxidation sites excluding steroid dienone is 4. The predicted octanol–water partition coefficient (Wildman–Crippen LogP) is 4.80. The normalized spacial score (nSPS) is 16.7. The summed E-state index contributed by atoms with van der Waals surface area (Å²) in [6.07, 6.45) is 9.68. The summed E-state index contributed by atoms with van der Waals surface area (Å²) in [6, 6.07) is 11.1. The van der Waals surface area contributed by atoms with Crippen LogP contribution in [0.15, 0.2) is 90.4 Å². The van der Waals surface area contributed by atoms with Crippen molar-refractivity contribution < 1.29 is 18.7 Å². The topological polar surface area (TPSA) is 105 Å². The number of rotatable bonds is 10. The zero-order valence-electron chi connectivity index (χ0n) is 19.7. The number of nitrogens with two attached hydrogens (primary N) is 1. The fraction of sp³-hybridized carbons (Fsp3) is 0.185. The molecule has 1 aliphatic carbocycles. The summed E-state index contributed by atoms with van der Waals surface area (Å²) in [5.41, 5.74) is 9.51. The van der Waals surface area contributed by atoms with Crippen LogP contribution in [-0.2, 0) is 4.79 Å². The van der Waals surface area contributed by atoms with E-state index in [1.165, 1.54) is 12.1 Å². The van der Waals surface area contributed by atoms with Crippen molar-refractivity contribution in [3.8, 4) is 5.75 Å². The molecule has 2 aromatic rings. The first-order chi connectivity index (χ1) is 17.3. The summed E-state index contributed by atoms with van der Waals surface area (Å²) >= 11 is 5.62. The largest absolute Gasteiger partial charge is 0.484 e. The monoisotopic (exact) mass is 510 g/mol. The number of nitrogens with one attached hydrogen (secondary N) is 3. The van der Waals surface area contributed by atoms with Gasteiger partial charge in [0.05, 0.1) is 5.02 Å². The number of halogens is 2. The third-order valence-corrected chi connectivity index (χ3v) is 5.42. The van der Waals surface area contributed by atoms with Crippen molar-refractivity contribution in [3.63, 3.8) is 0 Å². The smallest absolute Gasteiger partial charge is 0.262 e. The van der Waals surface area contributed by atoms with Gasteiger partial charge in [0.15, 0.2) is 6.61 Å². The Morgan fingerprint density at radius 2 is 1.92 bits per heavy atom. The molecule has 0 unspecified atom stereocenters. The van der Waals surface area contributed by atoms with E-state index in [-0.39, 0.29) is 29.8 Å². The van der Waals surface area contributed by atoms with Gasteiger partial charge in [-0.05, 0) is 42.5 Å². The molecule has 0 radical (unpaired) electrons. The minimum absolute atomic E-state index is 0.0286. The SMILES string of the molecule is C=C(CCNC(=O)c1ccc(N/C2=C/C/C(N)=C/C=C\C2)cc1)NC(=O)COc1ccc(Cl)c(F)c1. The zero-order valence-corrected chi connectivity index (χ0v) is 20.4. The highest BCUT2D eigenvalue weighted by Gasteiger charge is 2.09. The van der Waals surface area contributed by atoms with Gasteiger partial charge in [-0.1, -0.05) is 36.4 Å². The summed E-state index contributed by atoms with van der Waals surface area (Å²) in [6.45, 7) is 3.76. The summed E-state index contributed by atoms with van der Waals surface area (Å²) < 4.78 is 18.7. The third-order valence-electron chi connectivity index (χ3n) is 5.11. The predicted molar refractivity (Wildman–Crippen MR) is 140 cm³/mol. The van der Waals surface area contributed by atoms with E-state index in [1.807, 2.05) is 36.4 Å². The second-order valence-corrected chi connectivity index (χ2v) is 8.44. The van der Waals surface area contributed by atoms with Gasteiger partial charge in [0.2, 0.25) is 0 Å². The number of benzene rings is 2. The second-order valence-electron chi connectivity index (χ2n) is 8.03. The standard InChI is InChI=1S/C27H28ClFN4O3/c1-18(32-26(34)17-36-23-12-13-24(28)25(29)16-23)14-15-31-27(35)19-6-9-22(10-7-19)33-21-5-3-2-4-20(30)8-11-21/h2-4,6-7,9-13,16,33H,1,5,8,14-15,17,30H2,(H,31,35)(H,32,34)/b3-2-,20-4-,21-11+. The Labute approximate surface area is 214 Å². The molecular formula is C27H28ClFN4O3. The van der Waals surface area contributed by atoms with E-state index in [1.54, 1.807) is 12.1 Å². The number of anilines is 1. The maximum absolute atomic E-state index is 13.4. The van der Waals surface area contributed by atoms with Crippen LogP contribution in [0.25, 0.3) is 0 Å². The van der Waals surface area contributed by atoms with E-state index >= 15 is 0 Å². The van der Waals surface area contributed by atoms with E-state index in [2.05, 4.69) is 22.5 Å². The van der Waals surface area contributed by atoms with E-state index in [0.717, 1.165) is 29.6 Å². The molecule has 36 heavy (non-hydrogen) atoms. The Kier molecular flexibility index (Phi) is 9.71. The zero-order chi connectivity index (χ0) is 25.9. The van der Waals surface area contributed by atoms with Gasteiger partial charge in [-0.2, -0.15) is 0 Å². The van der Waals surface area contributed by atoms with Crippen LogP contribution in [0, 0.1) is 5.82 Å². The Balaban J connectivity index is 1.38. The van der Waals surface area contributed by atoms with Crippen molar-refractivity contribution in [1.82, 2.24) is 10.6 Å². The van der Waals surface area contributed by atoms with Crippen LogP contribution in [0.3, 0.4) is 0 Å². The van der Waals surface area contributed by atoms with Gasteiger partial charge in [0.25, 0.3) is 11.8 Å². The molecule has 5 N–H and O–H groups in total. The van der Waals surface area contributed by atoms with Crippen molar-refractivity contribution in [2.45, 2.75) is 19.3 Å². The first-order valence-corrected chi connectivity index (χ1v) is 11.7. The number of hydrogen-bond acceptors (Lipinski definition) is 5. The van der Waals surface area contributed by atoms with E-state index in [4.69, 9.17) is 22.1 Å². The highest BCUT2D eigenvalue weighted by atomic mass is 35.5. The Hall–Kier alpha value is -4.04. The number of carbonyl (C=O) groups is 2. The van der Waals surface area contributed by atoms with Crippen molar-refractivity contribution >= 4 is 29.1 Å². The summed E-state index contributed by atoms with van der Waals surface area (Å²) in [5.74, 6) is -1.13. The maximum Gasteiger partial charge on any atom is 0.262 e. The lowest BCUT2D eigenvalue weighted by atomic mass is 10.1. The highest BCUT2D eigenvalue weighted by molar-refractivity contribution is 6.30. The summed E-state index contributed by atoms with van der Waals surface area (Å²) in [5, 5.41) is 8.70. The van der Waals surface area contributed by atoms with Gasteiger partial charge in [-0.15, -0.1) is 0 Å². The molecule has 0 saturated heterocycles. The molecule has 0 heterocycles. The van der Waals surface area contributed by atoms with Gasteiger partial charge in [-0.25, -0.2) is 4.39 Å². The van der Waals surface area contributed by atoms with Crippen LogP contribution < -0.4 is 26.4 Å².